The molecule has 0 radical (unpaired) electrons. The minimum Gasteiger partial charge on any atom is -0.404 e. The van der Waals surface area contributed by atoms with Gasteiger partial charge in [-0.1, -0.05) is 0 Å². The zero-order valence-corrected chi connectivity index (χ0v) is 7.36. The van der Waals surface area contributed by atoms with Crippen LogP contribution < -0.4 is 5.73 Å². The summed E-state index contributed by atoms with van der Waals surface area (Å²) in [4.78, 5) is 11.4. The molecule has 0 aliphatic rings. The molecule has 2 aromatic heterocycles. The van der Waals surface area contributed by atoms with Crippen molar-refractivity contribution in [3.8, 4) is 0 Å². The number of H-pyrrole nitrogens is 1. The summed E-state index contributed by atoms with van der Waals surface area (Å²) in [6.07, 6.45) is 5.85. The maximum atomic E-state index is 7.12. The minimum absolute atomic E-state index is 0.556. The van der Waals surface area contributed by atoms with Crippen molar-refractivity contribution < 1.29 is 0 Å². The van der Waals surface area contributed by atoms with E-state index >= 15 is 0 Å². The van der Waals surface area contributed by atoms with E-state index in [2.05, 4.69) is 15.0 Å². The molecule has 5 heteroatoms. The summed E-state index contributed by atoms with van der Waals surface area (Å²) in [5, 5.41) is 7.12. The maximum absolute atomic E-state index is 7.12. The SMILES string of the molecule is N=C/C(=C\N)c1cnc2[nH]ccc2n1. The Morgan fingerprint density at radius 2 is 2.43 bits per heavy atom. The summed E-state index contributed by atoms with van der Waals surface area (Å²) in [7, 11) is 0. The van der Waals surface area contributed by atoms with Crippen molar-refractivity contribution in [1.29, 1.82) is 5.41 Å². The molecule has 5 nitrogen and oxygen atoms in total. The lowest BCUT2D eigenvalue weighted by atomic mass is 10.2. The summed E-state index contributed by atoms with van der Waals surface area (Å²) in [6, 6.07) is 1.82. The Bertz CT molecular complexity index is 497. The highest BCUT2D eigenvalue weighted by Gasteiger charge is 2.02. The van der Waals surface area contributed by atoms with Crippen molar-refractivity contribution in [2.75, 3.05) is 0 Å². The summed E-state index contributed by atoms with van der Waals surface area (Å²) in [5.74, 6) is 0. The molecule has 2 aromatic rings. The number of hydrogen-bond acceptors (Lipinski definition) is 4. The highest BCUT2D eigenvalue weighted by atomic mass is 14.9. The molecule has 0 atom stereocenters. The van der Waals surface area contributed by atoms with Crippen LogP contribution in [0.4, 0.5) is 0 Å². The molecule has 0 fully saturated rings. The molecule has 0 aliphatic heterocycles. The maximum Gasteiger partial charge on any atom is 0.156 e. The number of rotatable bonds is 2. The van der Waals surface area contributed by atoms with E-state index in [0.717, 1.165) is 17.4 Å². The topological polar surface area (TPSA) is 91.4 Å². The summed E-state index contributed by atoms with van der Waals surface area (Å²) in [6.45, 7) is 0. The van der Waals surface area contributed by atoms with Gasteiger partial charge in [0, 0.05) is 24.2 Å². The molecule has 0 aromatic carbocycles. The Balaban J connectivity index is 2.58. The highest BCUT2D eigenvalue weighted by Crippen LogP contribution is 2.11. The van der Waals surface area contributed by atoms with Crippen LogP contribution in [0.1, 0.15) is 5.69 Å². The van der Waals surface area contributed by atoms with Gasteiger partial charge in [-0.15, -0.1) is 0 Å². The average Bonchev–Trinajstić information content (AvgIpc) is 2.66. The summed E-state index contributed by atoms with van der Waals surface area (Å²) >= 11 is 0. The number of aromatic amines is 1. The number of aromatic nitrogens is 3. The highest BCUT2D eigenvalue weighted by molar-refractivity contribution is 6.07. The van der Waals surface area contributed by atoms with Gasteiger partial charge < -0.3 is 16.1 Å². The number of allylic oxidation sites excluding steroid dienone is 1. The second-order valence-corrected chi connectivity index (χ2v) is 2.73. The van der Waals surface area contributed by atoms with Crippen LogP contribution in [0.5, 0.6) is 0 Å². The third-order valence-corrected chi connectivity index (χ3v) is 1.89. The normalized spacial score (nSPS) is 11.9. The van der Waals surface area contributed by atoms with Crippen LogP contribution in [0.25, 0.3) is 16.7 Å². The third-order valence-electron chi connectivity index (χ3n) is 1.89. The van der Waals surface area contributed by atoms with E-state index in [0.29, 0.717) is 11.3 Å². The zero-order chi connectivity index (χ0) is 9.97. The molecular weight excluding hydrogens is 178 g/mol. The van der Waals surface area contributed by atoms with Gasteiger partial charge in [-0.25, -0.2) is 9.97 Å². The Morgan fingerprint density at radius 1 is 1.57 bits per heavy atom. The van der Waals surface area contributed by atoms with E-state index in [9.17, 15) is 0 Å². The zero-order valence-electron chi connectivity index (χ0n) is 7.36. The van der Waals surface area contributed by atoms with Crippen molar-refractivity contribution in [3.63, 3.8) is 0 Å². The molecule has 0 saturated heterocycles. The number of nitrogens with two attached hydrogens (primary N) is 1. The van der Waals surface area contributed by atoms with Crippen LogP contribution in [0.2, 0.25) is 0 Å². The van der Waals surface area contributed by atoms with Gasteiger partial charge in [0.05, 0.1) is 11.9 Å². The molecule has 0 bridgehead atoms. The molecular formula is C9H9N5. The van der Waals surface area contributed by atoms with Gasteiger partial charge in [0.25, 0.3) is 0 Å². The van der Waals surface area contributed by atoms with E-state index < -0.39 is 0 Å². The van der Waals surface area contributed by atoms with Crippen molar-refractivity contribution >= 4 is 23.0 Å². The Kier molecular flexibility index (Phi) is 1.98. The fraction of sp³-hybridized carbons (Fsp3) is 0. The van der Waals surface area contributed by atoms with Crippen LogP contribution in [-0.2, 0) is 0 Å². The Labute approximate surface area is 80.2 Å². The van der Waals surface area contributed by atoms with Gasteiger partial charge in [0.1, 0.15) is 5.52 Å². The summed E-state index contributed by atoms with van der Waals surface area (Å²) < 4.78 is 0. The molecule has 70 valence electrons. The van der Waals surface area contributed by atoms with Crippen molar-refractivity contribution in [2.45, 2.75) is 0 Å². The lowest BCUT2D eigenvalue weighted by Gasteiger charge is -1.98. The van der Waals surface area contributed by atoms with Gasteiger partial charge in [-0.2, -0.15) is 0 Å². The number of fused-ring (bicyclic) bond motifs is 1. The van der Waals surface area contributed by atoms with Gasteiger partial charge >= 0.3 is 0 Å². The molecule has 0 spiro atoms. The van der Waals surface area contributed by atoms with Crippen molar-refractivity contribution in [1.82, 2.24) is 15.0 Å². The molecule has 0 aliphatic carbocycles. The van der Waals surface area contributed by atoms with Crippen molar-refractivity contribution in [3.05, 3.63) is 30.4 Å². The molecule has 0 saturated carbocycles. The third kappa shape index (κ3) is 1.24. The first-order chi connectivity index (χ1) is 6.85. The fourth-order valence-corrected chi connectivity index (χ4v) is 1.18. The van der Waals surface area contributed by atoms with Crippen molar-refractivity contribution in [2.24, 2.45) is 5.73 Å². The predicted molar refractivity (Wildman–Crippen MR) is 54.8 cm³/mol. The molecule has 14 heavy (non-hydrogen) atoms. The van der Waals surface area contributed by atoms with Crippen LogP contribution in [-0.4, -0.2) is 21.2 Å². The second kappa shape index (κ2) is 3.29. The number of nitrogens with zero attached hydrogens (tertiary/aromatic N) is 2. The van der Waals surface area contributed by atoms with Gasteiger partial charge in [0.2, 0.25) is 0 Å². The first kappa shape index (κ1) is 8.43. The smallest absolute Gasteiger partial charge is 0.156 e. The van der Waals surface area contributed by atoms with E-state index in [1.165, 1.54) is 6.20 Å². The van der Waals surface area contributed by atoms with E-state index in [1.807, 2.05) is 6.07 Å². The van der Waals surface area contributed by atoms with E-state index in [-0.39, 0.29) is 0 Å². The van der Waals surface area contributed by atoms with Gasteiger partial charge in [-0.3, -0.25) is 0 Å². The lowest BCUT2D eigenvalue weighted by molar-refractivity contribution is 1.23. The summed E-state index contributed by atoms with van der Waals surface area (Å²) in [5.41, 5.74) is 8.01. The monoisotopic (exact) mass is 187 g/mol. The van der Waals surface area contributed by atoms with Gasteiger partial charge in [0.15, 0.2) is 5.65 Å². The molecule has 0 unspecified atom stereocenters. The van der Waals surface area contributed by atoms with E-state index in [4.69, 9.17) is 11.1 Å². The van der Waals surface area contributed by atoms with Crippen LogP contribution in [0.3, 0.4) is 0 Å². The van der Waals surface area contributed by atoms with E-state index in [1.54, 1.807) is 12.4 Å². The average molecular weight is 187 g/mol. The fourth-order valence-electron chi connectivity index (χ4n) is 1.18. The number of nitrogens with one attached hydrogen (secondary N) is 2. The standard InChI is InChI=1S/C9H9N5/c10-3-6(4-11)8-5-13-9-7(14-8)1-2-12-9/h1-5,10H,11H2,(H,12,13)/b6-4+,10-3?. The molecule has 2 heterocycles. The van der Waals surface area contributed by atoms with Crippen LogP contribution in [0, 0.1) is 5.41 Å². The lowest BCUT2D eigenvalue weighted by Crippen LogP contribution is -1.95. The first-order valence-electron chi connectivity index (χ1n) is 4.08. The molecule has 2 rings (SSSR count). The van der Waals surface area contributed by atoms with Crippen LogP contribution in [0.15, 0.2) is 24.7 Å². The van der Waals surface area contributed by atoms with Crippen LogP contribution >= 0.6 is 0 Å². The largest absolute Gasteiger partial charge is 0.404 e. The Morgan fingerprint density at radius 3 is 3.14 bits per heavy atom. The first-order valence-corrected chi connectivity index (χ1v) is 4.08. The van der Waals surface area contributed by atoms with Gasteiger partial charge in [-0.05, 0) is 6.07 Å². The molecule has 0 amide bonds. The predicted octanol–water partition coefficient (Wildman–Crippen LogP) is 0.907. The molecule has 4 N–H and O–H groups in total. The number of hydrogen-bond donors (Lipinski definition) is 3. The minimum atomic E-state index is 0.556. The quantitative estimate of drug-likeness (QED) is 0.610. The second-order valence-electron chi connectivity index (χ2n) is 2.73. The Hall–Kier alpha value is -2.17.